The normalized spacial score (nSPS) is 17.4. The molecule has 1 fully saturated rings. The SMILES string of the molecule is CCNC(=NCC(O)COc1cccc(C(F)(F)F)c1)NC1CCN(CCOC)CC1. The van der Waals surface area contributed by atoms with E-state index >= 15 is 0 Å². The largest absolute Gasteiger partial charge is 0.491 e. The van der Waals surface area contributed by atoms with Crippen LogP contribution in [0.2, 0.25) is 0 Å². The van der Waals surface area contributed by atoms with Crippen molar-refractivity contribution in [2.24, 2.45) is 4.99 Å². The van der Waals surface area contributed by atoms with Gasteiger partial charge in [0.05, 0.1) is 18.7 Å². The minimum Gasteiger partial charge on any atom is -0.491 e. The standard InChI is InChI=1S/C21H33F3N4O3/c1-3-25-20(27-17-7-9-28(10-8-17)11-12-30-2)26-14-18(29)15-31-19-6-4-5-16(13-19)21(22,23)24/h4-6,13,17-18,29H,3,7-12,14-15H2,1-2H3,(H2,25,26,27). The molecule has 0 amide bonds. The lowest BCUT2D eigenvalue weighted by atomic mass is 10.1. The van der Waals surface area contributed by atoms with Gasteiger partial charge in [0.15, 0.2) is 5.96 Å². The fourth-order valence-corrected chi connectivity index (χ4v) is 3.24. The molecule has 0 saturated carbocycles. The molecule has 0 radical (unpaired) electrons. The summed E-state index contributed by atoms with van der Waals surface area (Å²) in [5.74, 6) is 0.666. The number of likely N-dealkylation sites (tertiary alicyclic amines) is 1. The number of aliphatic hydroxyl groups excluding tert-OH is 1. The summed E-state index contributed by atoms with van der Waals surface area (Å²) >= 11 is 0. The topological polar surface area (TPSA) is 78.4 Å². The van der Waals surface area contributed by atoms with E-state index in [1.54, 1.807) is 7.11 Å². The zero-order valence-electron chi connectivity index (χ0n) is 18.1. The molecule has 10 heteroatoms. The number of methoxy groups -OCH3 is 1. The molecule has 1 aromatic carbocycles. The monoisotopic (exact) mass is 446 g/mol. The molecule has 1 aliphatic heterocycles. The van der Waals surface area contributed by atoms with E-state index in [0.717, 1.165) is 51.2 Å². The summed E-state index contributed by atoms with van der Waals surface area (Å²) in [6.45, 7) is 6.16. The Morgan fingerprint density at radius 3 is 2.71 bits per heavy atom. The quantitative estimate of drug-likeness (QED) is 0.378. The van der Waals surface area contributed by atoms with E-state index in [1.807, 2.05) is 6.92 Å². The summed E-state index contributed by atoms with van der Waals surface area (Å²) in [5, 5.41) is 16.7. The molecular weight excluding hydrogens is 413 g/mol. The van der Waals surface area contributed by atoms with Gasteiger partial charge < -0.3 is 30.1 Å². The molecule has 1 aromatic rings. The molecule has 1 saturated heterocycles. The highest BCUT2D eigenvalue weighted by Crippen LogP contribution is 2.31. The van der Waals surface area contributed by atoms with Crippen molar-refractivity contribution in [2.75, 3.05) is 53.0 Å². The number of ether oxygens (including phenoxy) is 2. The molecule has 1 aliphatic rings. The van der Waals surface area contributed by atoms with E-state index in [-0.39, 0.29) is 24.9 Å². The van der Waals surface area contributed by atoms with Crippen LogP contribution in [0.25, 0.3) is 0 Å². The summed E-state index contributed by atoms with van der Waals surface area (Å²) in [6, 6.07) is 4.88. The molecule has 176 valence electrons. The Morgan fingerprint density at radius 2 is 2.06 bits per heavy atom. The highest BCUT2D eigenvalue weighted by Gasteiger charge is 2.30. The highest BCUT2D eigenvalue weighted by molar-refractivity contribution is 5.80. The zero-order valence-corrected chi connectivity index (χ0v) is 18.1. The average Bonchev–Trinajstić information content (AvgIpc) is 2.75. The van der Waals surface area contributed by atoms with Gasteiger partial charge in [-0.05, 0) is 38.0 Å². The number of guanidine groups is 1. The van der Waals surface area contributed by atoms with Gasteiger partial charge in [-0.25, -0.2) is 0 Å². The lowest BCUT2D eigenvalue weighted by Gasteiger charge is -2.32. The molecule has 1 unspecified atom stereocenters. The molecule has 1 atom stereocenters. The second kappa shape index (κ2) is 12.7. The first-order valence-electron chi connectivity index (χ1n) is 10.6. The van der Waals surface area contributed by atoms with Gasteiger partial charge in [0.1, 0.15) is 18.5 Å². The smallest absolute Gasteiger partial charge is 0.416 e. The number of aliphatic hydroxyl groups is 1. The van der Waals surface area contributed by atoms with E-state index in [4.69, 9.17) is 9.47 Å². The van der Waals surface area contributed by atoms with Crippen molar-refractivity contribution >= 4 is 5.96 Å². The van der Waals surface area contributed by atoms with Crippen molar-refractivity contribution in [3.63, 3.8) is 0 Å². The maximum Gasteiger partial charge on any atom is 0.416 e. The maximum absolute atomic E-state index is 12.8. The zero-order chi connectivity index (χ0) is 22.7. The molecule has 31 heavy (non-hydrogen) atoms. The molecule has 2 rings (SSSR count). The second-order valence-electron chi connectivity index (χ2n) is 7.46. The van der Waals surface area contributed by atoms with Crippen LogP contribution in [0.3, 0.4) is 0 Å². The predicted octanol–water partition coefficient (Wildman–Crippen LogP) is 2.11. The fraction of sp³-hybridized carbons (Fsp3) is 0.667. The first-order chi connectivity index (χ1) is 14.8. The summed E-state index contributed by atoms with van der Waals surface area (Å²) in [5.41, 5.74) is -0.788. The highest BCUT2D eigenvalue weighted by atomic mass is 19.4. The predicted molar refractivity (Wildman–Crippen MR) is 113 cm³/mol. The number of nitrogens with zero attached hydrogens (tertiary/aromatic N) is 2. The van der Waals surface area contributed by atoms with Crippen LogP contribution >= 0.6 is 0 Å². The third kappa shape index (κ3) is 9.32. The molecule has 0 aromatic heterocycles. The first-order valence-corrected chi connectivity index (χ1v) is 10.6. The van der Waals surface area contributed by atoms with Crippen LogP contribution in [0, 0.1) is 0 Å². The van der Waals surface area contributed by atoms with Gasteiger partial charge in [-0.1, -0.05) is 6.07 Å². The summed E-state index contributed by atoms with van der Waals surface area (Å²) in [7, 11) is 1.70. The number of hydrogen-bond donors (Lipinski definition) is 3. The molecule has 7 nitrogen and oxygen atoms in total. The fourth-order valence-electron chi connectivity index (χ4n) is 3.24. The summed E-state index contributed by atoms with van der Waals surface area (Å²) in [6.07, 6.45) is -3.42. The molecule has 0 aliphatic carbocycles. The van der Waals surface area contributed by atoms with Gasteiger partial charge in [-0.3, -0.25) is 4.99 Å². The van der Waals surface area contributed by atoms with E-state index in [9.17, 15) is 18.3 Å². The third-order valence-corrected chi connectivity index (χ3v) is 4.95. The Balaban J connectivity index is 1.79. The number of hydrogen-bond acceptors (Lipinski definition) is 5. The number of benzene rings is 1. The van der Waals surface area contributed by atoms with Gasteiger partial charge >= 0.3 is 6.18 Å². The Kier molecular flexibility index (Phi) is 10.4. The van der Waals surface area contributed by atoms with Gasteiger partial charge in [0.25, 0.3) is 0 Å². The summed E-state index contributed by atoms with van der Waals surface area (Å²) < 4.78 is 48.8. The number of halogens is 3. The van der Waals surface area contributed by atoms with Gasteiger partial charge in [-0.15, -0.1) is 0 Å². The maximum atomic E-state index is 12.8. The number of alkyl halides is 3. The van der Waals surface area contributed by atoms with E-state index in [2.05, 4.69) is 20.5 Å². The minimum atomic E-state index is -4.44. The van der Waals surface area contributed by atoms with Crippen molar-refractivity contribution in [1.29, 1.82) is 0 Å². The Bertz CT molecular complexity index is 680. The van der Waals surface area contributed by atoms with Crippen LogP contribution in [0.5, 0.6) is 5.75 Å². The lowest BCUT2D eigenvalue weighted by Crippen LogP contribution is -2.49. The number of rotatable bonds is 10. The van der Waals surface area contributed by atoms with Crippen molar-refractivity contribution in [1.82, 2.24) is 15.5 Å². The first kappa shape index (κ1) is 25.2. The van der Waals surface area contributed by atoms with Gasteiger partial charge in [0.2, 0.25) is 0 Å². The van der Waals surface area contributed by atoms with E-state index in [0.29, 0.717) is 12.5 Å². The molecular formula is C21H33F3N4O3. The van der Waals surface area contributed by atoms with Crippen LogP contribution in [-0.2, 0) is 10.9 Å². The number of piperidine rings is 1. The molecule has 3 N–H and O–H groups in total. The van der Waals surface area contributed by atoms with E-state index < -0.39 is 17.8 Å². The summed E-state index contributed by atoms with van der Waals surface area (Å²) in [4.78, 5) is 6.76. The van der Waals surface area contributed by atoms with Crippen molar-refractivity contribution in [3.05, 3.63) is 29.8 Å². The van der Waals surface area contributed by atoms with Crippen LogP contribution in [0.4, 0.5) is 13.2 Å². The molecule has 0 bridgehead atoms. The van der Waals surface area contributed by atoms with Crippen LogP contribution in [0.1, 0.15) is 25.3 Å². The van der Waals surface area contributed by atoms with Gasteiger partial charge in [0, 0.05) is 39.3 Å². The minimum absolute atomic E-state index is 0.0584. The Labute approximate surface area is 181 Å². The van der Waals surface area contributed by atoms with Gasteiger partial charge in [-0.2, -0.15) is 13.2 Å². The Hall–Kier alpha value is -2.04. The third-order valence-electron chi connectivity index (χ3n) is 4.95. The van der Waals surface area contributed by atoms with Crippen LogP contribution in [0.15, 0.2) is 29.3 Å². The lowest BCUT2D eigenvalue weighted by molar-refractivity contribution is -0.137. The molecule has 0 spiro atoms. The van der Waals surface area contributed by atoms with Crippen LogP contribution < -0.4 is 15.4 Å². The van der Waals surface area contributed by atoms with Crippen molar-refractivity contribution in [3.8, 4) is 5.75 Å². The van der Waals surface area contributed by atoms with Crippen molar-refractivity contribution in [2.45, 2.75) is 38.1 Å². The Morgan fingerprint density at radius 1 is 1.32 bits per heavy atom. The second-order valence-corrected chi connectivity index (χ2v) is 7.46. The molecule has 1 heterocycles. The van der Waals surface area contributed by atoms with Crippen molar-refractivity contribution < 1.29 is 27.8 Å². The number of nitrogens with one attached hydrogen (secondary N) is 2. The number of aliphatic imine (C=N–C) groups is 1. The van der Waals surface area contributed by atoms with E-state index in [1.165, 1.54) is 12.1 Å². The average molecular weight is 447 g/mol. The van der Waals surface area contributed by atoms with Crippen LogP contribution in [-0.4, -0.2) is 81.2 Å².